The van der Waals surface area contributed by atoms with E-state index in [1.54, 1.807) is 12.1 Å². The van der Waals surface area contributed by atoms with E-state index in [-0.39, 0.29) is 24.0 Å². The maximum Gasteiger partial charge on any atom is 0.309 e. The molecule has 0 bridgehead atoms. The maximum atomic E-state index is 13.5. The third kappa shape index (κ3) is 6.77. The summed E-state index contributed by atoms with van der Waals surface area (Å²) in [5.74, 6) is -2.26. The summed E-state index contributed by atoms with van der Waals surface area (Å²) in [7, 11) is 0. The van der Waals surface area contributed by atoms with Crippen molar-refractivity contribution in [2.75, 3.05) is 6.61 Å². The van der Waals surface area contributed by atoms with Crippen LogP contribution in [0.1, 0.15) is 67.8 Å². The second-order valence-corrected chi connectivity index (χ2v) is 7.21. The smallest absolute Gasteiger partial charge is 0.309 e. The normalized spacial score (nSPS) is 13.0. The second kappa shape index (κ2) is 11.4. The first-order valence-electron chi connectivity index (χ1n) is 10.2. The highest BCUT2D eigenvalue weighted by atomic mass is 19.1. The van der Waals surface area contributed by atoms with Gasteiger partial charge >= 0.3 is 5.97 Å². The molecule has 0 heterocycles. The molecule has 0 aromatic heterocycles. The predicted molar refractivity (Wildman–Crippen MR) is 109 cm³/mol. The van der Waals surface area contributed by atoms with Gasteiger partial charge in [0.2, 0.25) is 0 Å². The summed E-state index contributed by atoms with van der Waals surface area (Å²) in [6.07, 6.45) is 3.07. The molecule has 1 unspecified atom stereocenters. The Morgan fingerprint density at radius 2 is 1.48 bits per heavy atom. The van der Waals surface area contributed by atoms with Crippen molar-refractivity contribution in [3.05, 3.63) is 71.3 Å². The Morgan fingerprint density at radius 3 is 2.03 bits per heavy atom. The molecule has 0 aliphatic heterocycles. The van der Waals surface area contributed by atoms with Crippen molar-refractivity contribution < 1.29 is 23.1 Å². The van der Waals surface area contributed by atoms with E-state index in [1.807, 2.05) is 13.8 Å². The highest BCUT2D eigenvalue weighted by Gasteiger charge is 2.32. The van der Waals surface area contributed by atoms with Gasteiger partial charge in [0.25, 0.3) is 0 Å². The van der Waals surface area contributed by atoms with Gasteiger partial charge in [-0.05, 0) is 54.8 Å². The van der Waals surface area contributed by atoms with Crippen LogP contribution in [0.3, 0.4) is 0 Å². The van der Waals surface area contributed by atoms with E-state index in [2.05, 4.69) is 0 Å². The second-order valence-electron chi connectivity index (χ2n) is 7.21. The van der Waals surface area contributed by atoms with Crippen molar-refractivity contribution in [1.82, 2.24) is 0 Å². The van der Waals surface area contributed by atoms with Crippen molar-refractivity contribution in [1.29, 1.82) is 0 Å². The summed E-state index contributed by atoms with van der Waals surface area (Å²) in [6.45, 7) is 4.28. The fraction of sp³-hybridized carbons (Fsp3) is 0.417. The van der Waals surface area contributed by atoms with Crippen LogP contribution in [0, 0.1) is 17.6 Å². The number of ketones is 1. The SMILES string of the molecule is CCCCC(C(=O)OCCC)[C@H](CC(=O)c1ccc(F)cc1)c1ccc(F)cc1. The lowest BCUT2D eigenvalue weighted by atomic mass is 9.79. The minimum Gasteiger partial charge on any atom is -0.465 e. The molecule has 5 heteroatoms. The Hall–Kier alpha value is -2.56. The van der Waals surface area contributed by atoms with Gasteiger partial charge in [-0.15, -0.1) is 0 Å². The average Bonchev–Trinajstić information content (AvgIpc) is 2.72. The van der Waals surface area contributed by atoms with Crippen LogP contribution in [-0.4, -0.2) is 18.4 Å². The number of esters is 1. The number of benzene rings is 2. The van der Waals surface area contributed by atoms with E-state index in [0.717, 1.165) is 18.4 Å². The van der Waals surface area contributed by atoms with Gasteiger partial charge in [-0.2, -0.15) is 0 Å². The van der Waals surface area contributed by atoms with Gasteiger partial charge in [0.05, 0.1) is 12.5 Å². The molecule has 2 rings (SSSR count). The molecular weight excluding hydrogens is 374 g/mol. The van der Waals surface area contributed by atoms with Crippen molar-refractivity contribution in [2.45, 2.75) is 51.9 Å². The van der Waals surface area contributed by atoms with Gasteiger partial charge in [0, 0.05) is 17.9 Å². The minimum absolute atomic E-state index is 0.0624. The lowest BCUT2D eigenvalue weighted by Gasteiger charge is -2.26. The fourth-order valence-electron chi connectivity index (χ4n) is 3.37. The molecule has 0 saturated carbocycles. The van der Waals surface area contributed by atoms with Crippen LogP contribution in [0.4, 0.5) is 8.78 Å². The number of carbonyl (C=O) groups excluding carboxylic acids is 2. The standard InChI is InChI=1S/C24H28F2O3/c1-3-5-6-21(24(28)29-15-4-2)22(17-7-11-19(25)12-8-17)16-23(27)18-9-13-20(26)14-10-18/h7-14,21-22H,3-6,15-16H2,1-2H3/t21?,22-/m1/s1. The Balaban J connectivity index is 2.34. The molecule has 2 aromatic carbocycles. The molecule has 2 aromatic rings. The molecule has 0 spiro atoms. The summed E-state index contributed by atoms with van der Waals surface area (Å²) >= 11 is 0. The van der Waals surface area contributed by atoms with Crippen molar-refractivity contribution in [3.8, 4) is 0 Å². The Bertz CT molecular complexity index is 785. The predicted octanol–water partition coefficient (Wildman–Crippen LogP) is 6.08. The molecule has 2 atom stereocenters. The number of hydrogen-bond donors (Lipinski definition) is 0. The maximum absolute atomic E-state index is 13.5. The first kappa shape index (κ1) is 22.7. The first-order valence-corrected chi connectivity index (χ1v) is 10.2. The summed E-state index contributed by atoms with van der Waals surface area (Å²) < 4.78 is 32.1. The van der Waals surface area contributed by atoms with E-state index in [0.29, 0.717) is 25.0 Å². The van der Waals surface area contributed by atoms with Gasteiger partial charge in [-0.1, -0.05) is 38.8 Å². The van der Waals surface area contributed by atoms with Gasteiger partial charge in [-0.25, -0.2) is 8.78 Å². The van der Waals surface area contributed by atoms with E-state index in [1.165, 1.54) is 36.4 Å². The highest BCUT2D eigenvalue weighted by Crippen LogP contribution is 2.34. The van der Waals surface area contributed by atoms with E-state index in [4.69, 9.17) is 4.74 Å². The molecular formula is C24H28F2O3. The lowest BCUT2D eigenvalue weighted by Crippen LogP contribution is -2.27. The largest absolute Gasteiger partial charge is 0.465 e. The highest BCUT2D eigenvalue weighted by molar-refractivity contribution is 5.97. The van der Waals surface area contributed by atoms with Gasteiger partial charge in [0.15, 0.2) is 5.78 Å². The zero-order chi connectivity index (χ0) is 21.2. The van der Waals surface area contributed by atoms with Crippen LogP contribution >= 0.6 is 0 Å². The number of carbonyl (C=O) groups is 2. The molecule has 0 aliphatic rings. The molecule has 0 saturated heterocycles. The van der Waals surface area contributed by atoms with Crippen LogP contribution in [0.5, 0.6) is 0 Å². The molecule has 0 N–H and O–H groups in total. The number of halogens is 2. The van der Waals surface area contributed by atoms with Crippen LogP contribution in [0.25, 0.3) is 0 Å². The summed E-state index contributed by atoms with van der Waals surface area (Å²) in [5.41, 5.74) is 1.10. The lowest BCUT2D eigenvalue weighted by molar-refractivity contribution is -0.149. The molecule has 29 heavy (non-hydrogen) atoms. The van der Waals surface area contributed by atoms with Crippen LogP contribution in [-0.2, 0) is 9.53 Å². The third-order valence-corrected chi connectivity index (χ3v) is 4.98. The minimum atomic E-state index is -0.503. The Kier molecular flexibility index (Phi) is 8.97. The number of Topliss-reactive ketones (excluding diaryl/α,β-unsaturated/α-hetero) is 1. The van der Waals surface area contributed by atoms with Gasteiger partial charge in [-0.3, -0.25) is 9.59 Å². The fourth-order valence-corrected chi connectivity index (χ4v) is 3.37. The molecule has 0 aliphatic carbocycles. The molecule has 3 nitrogen and oxygen atoms in total. The number of rotatable bonds is 11. The topological polar surface area (TPSA) is 43.4 Å². The van der Waals surface area contributed by atoms with E-state index in [9.17, 15) is 18.4 Å². The number of hydrogen-bond acceptors (Lipinski definition) is 3. The summed E-state index contributed by atoms with van der Waals surface area (Å²) in [6, 6.07) is 11.3. The zero-order valence-electron chi connectivity index (χ0n) is 17.0. The third-order valence-electron chi connectivity index (χ3n) is 4.98. The molecule has 0 amide bonds. The summed E-state index contributed by atoms with van der Waals surface area (Å²) in [5, 5.41) is 0. The van der Waals surface area contributed by atoms with Gasteiger partial charge < -0.3 is 4.74 Å². The Labute approximate surface area is 171 Å². The van der Waals surface area contributed by atoms with E-state index < -0.39 is 17.7 Å². The van der Waals surface area contributed by atoms with Crippen molar-refractivity contribution in [2.24, 2.45) is 5.92 Å². The zero-order valence-corrected chi connectivity index (χ0v) is 17.0. The van der Waals surface area contributed by atoms with Crippen LogP contribution in [0.2, 0.25) is 0 Å². The first-order chi connectivity index (χ1) is 14.0. The molecule has 156 valence electrons. The Morgan fingerprint density at radius 1 is 0.897 bits per heavy atom. The monoisotopic (exact) mass is 402 g/mol. The summed E-state index contributed by atoms with van der Waals surface area (Å²) in [4.78, 5) is 25.7. The van der Waals surface area contributed by atoms with Crippen LogP contribution in [0.15, 0.2) is 48.5 Å². The van der Waals surface area contributed by atoms with Crippen molar-refractivity contribution in [3.63, 3.8) is 0 Å². The number of ether oxygens (including phenoxy) is 1. The molecule has 0 fully saturated rings. The van der Waals surface area contributed by atoms with E-state index >= 15 is 0 Å². The number of unbranched alkanes of at least 4 members (excludes halogenated alkanes) is 1. The van der Waals surface area contributed by atoms with Gasteiger partial charge in [0.1, 0.15) is 11.6 Å². The molecule has 0 radical (unpaired) electrons. The van der Waals surface area contributed by atoms with Crippen LogP contribution < -0.4 is 0 Å². The quantitative estimate of drug-likeness (QED) is 0.338. The van der Waals surface area contributed by atoms with Crippen molar-refractivity contribution >= 4 is 11.8 Å². The average molecular weight is 402 g/mol.